The van der Waals surface area contributed by atoms with E-state index in [1.165, 1.54) is 5.56 Å². The maximum Gasteiger partial charge on any atom is 0.119 e. The molecule has 0 aliphatic rings. The number of benzene rings is 3. The van der Waals surface area contributed by atoms with Crippen molar-refractivity contribution >= 4 is 0 Å². The van der Waals surface area contributed by atoms with Crippen LogP contribution in [0, 0.1) is 0 Å². The van der Waals surface area contributed by atoms with Crippen LogP contribution in [0.1, 0.15) is 23.6 Å². The van der Waals surface area contributed by atoms with Gasteiger partial charge >= 0.3 is 0 Å². The highest BCUT2D eigenvalue weighted by Gasteiger charge is 2.14. The summed E-state index contributed by atoms with van der Waals surface area (Å²) in [7, 11) is 1.70. The van der Waals surface area contributed by atoms with Crippen LogP contribution >= 0.6 is 0 Å². The summed E-state index contributed by atoms with van der Waals surface area (Å²) in [4.78, 5) is 4.08. The molecule has 1 aromatic heterocycles. The Hall–Kier alpha value is -3.65. The molecule has 4 rings (SSSR count). The minimum atomic E-state index is -0.643. The summed E-state index contributed by atoms with van der Waals surface area (Å²) in [6, 6.07) is 26.1. The van der Waals surface area contributed by atoms with Crippen LogP contribution < -0.4 is 14.8 Å². The summed E-state index contributed by atoms with van der Waals surface area (Å²) in [5.74, 6) is 1.56. The van der Waals surface area contributed by atoms with Gasteiger partial charge in [-0.15, -0.1) is 0 Å². The number of imidazole rings is 1. The van der Waals surface area contributed by atoms with Crippen LogP contribution in [-0.2, 0) is 11.2 Å². The van der Waals surface area contributed by atoms with E-state index in [9.17, 15) is 5.11 Å². The summed E-state index contributed by atoms with van der Waals surface area (Å²) in [6.45, 7) is 1.85. The molecule has 0 spiro atoms. The molecule has 194 valence electrons. The van der Waals surface area contributed by atoms with Crippen molar-refractivity contribution in [2.45, 2.75) is 25.0 Å². The molecule has 3 aromatic carbocycles. The molecule has 0 bridgehead atoms. The molecule has 7 nitrogen and oxygen atoms in total. The van der Waals surface area contributed by atoms with Crippen LogP contribution in [0.2, 0.25) is 0 Å². The lowest BCUT2D eigenvalue weighted by molar-refractivity contribution is 0.102. The van der Waals surface area contributed by atoms with Gasteiger partial charge in [-0.1, -0.05) is 42.5 Å². The number of aromatic nitrogens is 2. The first-order chi connectivity index (χ1) is 18.2. The number of rotatable bonds is 15. The van der Waals surface area contributed by atoms with Crippen molar-refractivity contribution in [1.82, 2.24) is 14.9 Å². The average molecular weight is 502 g/mol. The predicted molar refractivity (Wildman–Crippen MR) is 144 cm³/mol. The van der Waals surface area contributed by atoms with Crippen LogP contribution in [-0.4, -0.2) is 54.2 Å². The molecular weight excluding hydrogens is 466 g/mol. The van der Waals surface area contributed by atoms with Crippen molar-refractivity contribution in [3.63, 3.8) is 0 Å². The fourth-order valence-corrected chi connectivity index (χ4v) is 3.99. The lowest BCUT2D eigenvalue weighted by atomic mass is 10.0. The summed E-state index contributed by atoms with van der Waals surface area (Å²) < 4.78 is 18.9. The maximum atomic E-state index is 10.5. The number of aliphatic hydroxyl groups is 1. The molecule has 0 aliphatic carbocycles. The van der Waals surface area contributed by atoms with Crippen LogP contribution in [0.4, 0.5) is 0 Å². The van der Waals surface area contributed by atoms with E-state index in [-0.39, 0.29) is 12.6 Å². The highest BCUT2D eigenvalue weighted by atomic mass is 16.5. The molecule has 7 heteroatoms. The molecular formula is C30H35N3O4. The fraction of sp³-hybridized carbons (Fsp3) is 0.300. The van der Waals surface area contributed by atoms with Gasteiger partial charge in [0.25, 0.3) is 0 Å². The summed E-state index contributed by atoms with van der Waals surface area (Å²) in [5.41, 5.74) is 3.38. The van der Waals surface area contributed by atoms with Gasteiger partial charge in [0.1, 0.15) is 24.2 Å². The number of aliphatic hydroxyl groups excluding tert-OH is 1. The molecule has 4 aromatic rings. The van der Waals surface area contributed by atoms with Gasteiger partial charge in [-0.2, -0.15) is 0 Å². The first kappa shape index (κ1) is 26.4. The molecule has 0 radical (unpaired) electrons. The molecule has 0 saturated heterocycles. The van der Waals surface area contributed by atoms with Gasteiger partial charge in [-0.3, -0.25) is 0 Å². The number of methoxy groups -OCH3 is 1. The van der Waals surface area contributed by atoms with Crippen molar-refractivity contribution in [2.75, 3.05) is 33.5 Å². The van der Waals surface area contributed by atoms with E-state index < -0.39 is 6.10 Å². The first-order valence-electron chi connectivity index (χ1n) is 12.6. The molecule has 2 unspecified atom stereocenters. The third kappa shape index (κ3) is 8.46. The average Bonchev–Trinajstić information content (AvgIpc) is 3.49. The molecule has 2 atom stereocenters. The van der Waals surface area contributed by atoms with Gasteiger partial charge in [0, 0.05) is 44.2 Å². The van der Waals surface area contributed by atoms with E-state index in [0.717, 1.165) is 35.6 Å². The highest BCUT2D eigenvalue weighted by molar-refractivity contribution is 5.37. The molecule has 0 amide bonds. The Morgan fingerprint density at radius 3 is 2.32 bits per heavy atom. The van der Waals surface area contributed by atoms with Crippen LogP contribution in [0.3, 0.4) is 0 Å². The molecule has 2 N–H and O–H groups in total. The second kappa shape index (κ2) is 14.2. The largest absolute Gasteiger partial charge is 0.494 e. The summed E-state index contributed by atoms with van der Waals surface area (Å²) in [6.07, 6.45) is 6.41. The third-order valence-corrected chi connectivity index (χ3v) is 6.08. The van der Waals surface area contributed by atoms with E-state index in [1.807, 2.05) is 77.5 Å². The Morgan fingerprint density at radius 1 is 0.892 bits per heavy atom. The van der Waals surface area contributed by atoms with Gasteiger partial charge in [-0.25, -0.2) is 4.98 Å². The zero-order valence-electron chi connectivity index (χ0n) is 21.2. The Bertz CT molecular complexity index is 1150. The van der Waals surface area contributed by atoms with E-state index in [2.05, 4.69) is 22.4 Å². The van der Waals surface area contributed by atoms with E-state index in [1.54, 1.807) is 19.6 Å². The van der Waals surface area contributed by atoms with Gasteiger partial charge < -0.3 is 29.2 Å². The van der Waals surface area contributed by atoms with Crippen LogP contribution in [0.15, 0.2) is 97.6 Å². The van der Waals surface area contributed by atoms with Crippen molar-refractivity contribution in [3.8, 4) is 17.2 Å². The lowest BCUT2D eigenvalue weighted by Gasteiger charge is -2.22. The molecule has 0 saturated carbocycles. The summed E-state index contributed by atoms with van der Waals surface area (Å²) in [5, 5.41) is 14.0. The number of nitrogens with zero attached hydrogens (tertiary/aromatic N) is 2. The Morgan fingerprint density at radius 2 is 1.62 bits per heavy atom. The zero-order chi connectivity index (χ0) is 25.7. The quantitative estimate of drug-likeness (QED) is 0.248. The standard InChI is InChI=1S/C30H35N3O4/c1-35-19-15-24-7-11-29(12-8-24)37-22-27(34)21-32-30(25-5-3-2-4-6-25)16-20-36-28-13-9-26(10-14-28)33-18-17-31-23-33/h2-14,17-18,23,27,30,32,34H,15-16,19-22H2,1H3. The Labute approximate surface area is 218 Å². The maximum absolute atomic E-state index is 10.5. The highest BCUT2D eigenvalue weighted by Crippen LogP contribution is 2.20. The van der Waals surface area contributed by atoms with Gasteiger partial charge in [0.15, 0.2) is 0 Å². The van der Waals surface area contributed by atoms with E-state index in [4.69, 9.17) is 14.2 Å². The van der Waals surface area contributed by atoms with Gasteiger partial charge in [0.2, 0.25) is 0 Å². The molecule has 37 heavy (non-hydrogen) atoms. The van der Waals surface area contributed by atoms with Crippen molar-refractivity contribution in [3.05, 3.63) is 109 Å². The lowest BCUT2D eigenvalue weighted by Crippen LogP contribution is -2.34. The number of nitrogens with one attached hydrogen (secondary N) is 1. The SMILES string of the molecule is COCCc1ccc(OCC(O)CNC(CCOc2ccc(-n3ccnc3)cc2)c2ccccc2)cc1. The van der Waals surface area contributed by atoms with Gasteiger partial charge in [0.05, 0.1) is 19.5 Å². The fourth-order valence-electron chi connectivity index (χ4n) is 3.99. The second-order valence-corrected chi connectivity index (χ2v) is 8.82. The van der Waals surface area contributed by atoms with Crippen LogP contribution in [0.5, 0.6) is 11.5 Å². The minimum absolute atomic E-state index is 0.0427. The van der Waals surface area contributed by atoms with E-state index >= 15 is 0 Å². The van der Waals surface area contributed by atoms with Gasteiger partial charge in [-0.05, 0) is 53.9 Å². The van der Waals surface area contributed by atoms with Crippen molar-refractivity contribution in [1.29, 1.82) is 0 Å². The number of hydrogen-bond donors (Lipinski definition) is 2. The first-order valence-corrected chi connectivity index (χ1v) is 12.6. The van der Waals surface area contributed by atoms with Crippen molar-refractivity contribution < 1.29 is 19.3 Å². The second-order valence-electron chi connectivity index (χ2n) is 8.82. The molecule has 0 fully saturated rings. The normalized spacial score (nSPS) is 12.7. The Balaban J connectivity index is 1.24. The monoisotopic (exact) mass is 501 g/mol. The van der Waals surface area contributed by atoms with Crippen molar-refractivity contribution in [2.24, 2.45) is 0 Å². The smallest absolute Gasteiger partial charge is 0.119 e. The predicted octanol–water partition coefficient (Wildman–Crippen LogP) is 4.60. The number of ether oxygens (including phenoxy) is 3. The topological polar surface area (TPSA) is 77.8 Å². The van der Waals surface area contributed by atoms with E-state index in [0.29, 0.717) is 19.8 Å². The molecule has 0 aliphatic heterocycles. The number of hydrogen-bond acceptors (Lipinski definition) is 6. The zero-order valence-corrected chi connectivity index (χ0v) is 21.2. The third-order valence-electron chi connectivity index (χ3n) is 6.08. The Kier molecular flexibility index (Phi) is 10.1. The van der Waals surface area contributed by atoms with Crippen LogP contribution in [0.25, 0.3) is 5.69 Å². The summed E-state index contributed by atoms with van der Waals surface area (Å²) >= 11 is 0. The minimum Gasteiger partial charge on any atom is -0.494 e. The molecule has 1 heterocycles.